The van der Waals surface area contributed by atoms with Gasteiger partial charge in [-0.15, -0.1) is 0 Å². The van der Waals surface area contributed by atoms with Crippen molar-refractivity contribution in [2.45, 2.75) is 19.9 Å². The Balaban J connectivity index is 2.10. The second-order valence-corrected chi connectivity index (χ2v) is 4.20. The lowest BCUT2D eigenvalue weighted by molar-refractivity contribution is 0.240. The minimum Gasteiger partial charge on any atom is -0.473 e. The zero-order valence-electron chi connectivity index (χ0n) is 9.51. The van der Waals surface area contributed by atoms with Gasteiger partial charge in [0.25, 0.3) is 5.88 Å². The number of benzene rings is 1. The third-order valence-electron chi connectivity index (χ3n) is 2.61. The van der Waals surface area contributed by atoms with Gasteiger partial charge in [0, 0.05) is 6.04 Å². The van der Waals surface area contributed by atoms with Gasteiger partial charge in [-0.2, -0.15) is 0 Å². The molecule has 2 aromatic rings. The number of hydrogen-bond donors (Lipinski definition) is 1. The zero-order valence-corrected chi connectivity index (χ0v) is 9.51. The van der Waals surface area contributed by atoms with Gasteiger partial charge in [0.15, 0.2) is 5.58 Å². The van der Waals surface area contributed by atoms with Crippen molar-refractivity contribution in [3.63, 3.8) is 0 Å². The summed E-state index contributed by atoms with van der Waals surface area (Å²) in [6.07, 6.45) is 0. The van der Waals surface area contributed by atoms with E-state index in [1.165, 1.54) is 0 Å². The monoisotopic (exact) mass is 220 g/mol. The lowest BCUT2D eigenvalue weighted by Gasteiger charge is -2.14. The Labute approximate surface area is 94.4 Å². The average Bonchev–Trinajstić information content (AvgIpc) is 2.69. The van der Waals surface area contributed by atoms with Crippen molar-refractivity contribution in [3.8, 4) is 5.88 Å². The molecule has 0 unspecified atom stereocenters. The first-order chi connectivity index (χ1) is 7.68. The Morgan fingerprint density at radius 2 is 2.12 bits per heavy atom. The molecule has 0 amide bonds. The van der Waals surface area contributed by atoms with E-state index in [-0.39, 0.29) is 6.04 Å². The number of para-hydroxylation sites is 1. The van der Waals surface area contributed by atoms with Gasteiger partial charge in [-0.3, -0.25) is 0 Å². The standard InChI is InChI=1S/C12H16N2O2/c1-8(2)10(13)7-15-12-9-5-3-4-6-11(9)16-14-12/h3-6,8,10H,7,13H2,1-2H3/t10-/m1/s1. The fraction of sp³-hybridized carbons (Fsp3) is 0.417. The second kappa shape index (κ2) is 4.53. The number of ether oxygens (including phenoxy) is 1. The summed E-state index contributed by atoms with van der Waals surface area (Å²) in [5.41, 5.74) is 6.63. The number of nitrogens with zero attached hydrogens (tertiary/aromatic N) is 1. The summed E-state index contributed by atoms with van der Waals surface area (Å²) < 4.78 is 10.7. The van der Waals surface area contributed by atoms with Crippen LogP contribution in [0.1, 0.15) is 13.8 Å². The maximum atomic E-state index is 5.89. The molecular weight excluding hydrogens is 204 g/mol. The van der Waals surface area contributed by atoms with Crippen molar-refractivity contribution < 1.29 is 9.26 Å². The van der Waals surface area contributed by atoms with Crippen molar-refractivity contribution in [2.75, 3.05) is 6.61 Å². The minimum absolute atomic E-state index is 0.00969. The van der Waals surface area contributed by atoms with Gasteiger partial charge in [0.05, 0.1) is 5.39 Å². The molecule has 1 aromatic carbocycles. The summed E-state index contributed by atoms with van der Waals surface area (Å²) in [6, 6.07) is 7.61. The lowest BCUT2D eigenvalue weighted by Crippen LogP contribution is -2.33. The summed E-state index contributed by atoms with van der Waals surface area (Å²) in [5.74, 6) is 0.907. The van der Waals surface area contributed by atoms with Gasteiger partial charge in [-0.05, 0) is 23.2 Å². The molecule has 0 spiro atoms. The van der Waals surface area contributed by atoms with Crippen LogP contribution in [0.5, 0.6) is 5.88 Å². The third-order valence-corrected chi connectivity index (χ3v) is 2.61. The highest BCUT2D eigenvalue weighted by Gasteiger charge is 2.12. The molecule has 1 heterocycles. The van der Waals surface area contributed by atoms with Crippen LogP contribution in [0.3, 0.4) is 0 Å². The lowest BCUT2D eigenvalue weighted by atomic mass is 10.1. The SMILES string of the molecule is CC(C)[C@H](N)COc1noc2ccccc12. The maximum absolute atomic E-state index is 5.89. The smallest absolute Gasteiger partial charge is 0.262 e. The largest absolute Gasteiger partial charge is 0.473 e. The van der Waals surface area contributed by atoms with Crippen LogP contribution in [-0.2, 0) is 0 Å². The normalized spacial score (nSPS) is 13.2. The molecule has 0 saturated carbocycles. The van der Waals surface area contributed by atoms with E-state index in [2.05, 4.69) is 19.0 Å². The highest BCUT2D eigenvalue weighted by Crippen LogP contribution is 2.24. The summed E-state index contributed by atoms with van der Waals surface area (Å²) in [5, 5.41) is 4.76. The Hall–Kier alpha value is -1.55. The van der Waals surface area contributed by atoms with Crippen LogP contribution in [0, 0.1) is 5.92 Å². The maximum Gasteiger partial charge on any atom is 0.262 e. The predicted molar refractivity (Wildman–Crippen MR) is 62.3 cm³/mol. The van der Waals surface area contributed by atoms with Crippen LogP contribution in [-0.4, -0.2) is 17.8 Å². The van der Waals surface area contributed by atoms with E-state index in [4.69, 9.17) is 15.0 Å². The predicted octanol–water partition coefficient (Wildman–Crippen LogP) is 2.19. The molecule has 0 aliphatic rings. The molecule has 4 heteroatoms. The van der Waals surface area contributed by atoms with Gasteiger partial charge >= 0.3 is 0 Å². The van der Waals surface area contributed by atoms with Crippen LogP contribution < -0.4 is 10.5 Å². The Bertz CT molecular complexity index is 465. The van der Waals surface area contributed by atoms with E-state index in [0.717, 1.165) is 11.0 Å². The van der Waals surface area contributed by atoms with E-state index in [9.17, 15) is 0 Å². The number of aromatic nitrogens is 1. The first kappa shape index (κ1) is 11.0. The van der Waals surface area contributed by atoms with Crippen molar-refractivity contribution in [1.82, 2.24) is 5.16 Å². The Kier molecular flexibility index (Phi) is 3.10. The molecule has 16 heavy (non-hydrogen) atoms. The first-order valence-corrected chi connectivity index (χ1v) is 5.41. The van der Waals surface area contributed by atoms with Crippen LogP contribution >= 0.6 is 0 Å². The molecule has 0 aliphatic carbocycles. The van der Waals surface area contributed by atoms with Crippen molar-refractivity contribution in [1.29, 1.82) is 0 Å². The Morgan fingerprint density at radius 1 is 1.38 bits per heavy atom. The van der Waals surface area contributed by atoms with Gasteiger partial charge in [0.2, 0.25) is 0 Å². The zero-order chi connectivity index (χ0) is 11.5. The van der Waals surface area contributed by atoms with Gasteiger partial charge in [0.1, 0.15) is 6.61 Å². The summed E-state index contributed by atoms with van der Waals surface area (Å²) in [7, 11) is 0. The van der Waals surface area contributed by atoms with E-state index >= 15 is 0 Å². The number of hydrogen-bond acceptors (Lipinski definition) is 4. The molecule has 0 saturated heterocycles. The molecule has 2 N–H and O–H groups in total. The first-order valence-electron chi connectivity index (χ1n) is 5.41. The van der Waals surface area contributed by atoms with E-state index < -0.39 is 0 Å². The fourth-order valence-corrected chi connectivity index (χ4v) is 1.33. The minimum atomic E-state index is 0.00969. The van der Waals surface area contributed by atoms with Crippen LogP contribution in [0.2, 0.25) is 0 Å². The third kappa shape index (κ3) is 2.17. The number of nitrogens with two attached hydrogens (primary N) is 1. The quantitative estimate of drug-likeness (QED) is 0.858. The summed E-state index contributed by atoms with van der Waals surface area (Å²) in [4.78, 5) is 0. The van der Waals surface area contributed by atoms with E-state index in [0.29, 0.717) is 18.4 Å². The fourth-order valence-electron chi connectivity index (χ4n) is 1.33. The van der Waals surface area contributed by atoms with Crippen LogP contribution in [0.4, 0.5) is 0 Å². The highest BCUT2D eigenvalue weighted by molar-refractivity contribution is 5.81. The molecule has 86 valence electrons. The summed E-state index contributed by atoms with van der Waals surface area (Å²) in [6.45, 7) is 4.58. The van der Waals surface area contributed by atoms with Crippen LogP contribution in [0.25, 0.3) is 11.0 Å². The second-order valence-electron chi connectivity index (χ2n) is 4.20. The topological polar surface area (TPSA) is 61.3 Å². The molecule has 0 aliphatic heterocycles. The van der Waals surface area contributed by atoms with Crippen molar-refractivity contribution >= 4 is 11.0 Å². The van der Waals surface area contributed by atoms with Gasteiger partial charge < -0.3 is 15.0 Å². The molecule has 1 aromatic heterocycles. The van der Waals surface area contributed by atoms with Crippen LogP contribution in [0.15, 0.2) is 28.8 Å². The van der Waals surface area contributed by atoms with Gasteiger partial charge in [-0.25, -0.2) is 0 Å². The molecule has 1 atom stereocenters. The van der Waals surface area contributed by atoms with Crippen molar-refractivity contribution in [2.24, 2.45) is 11.7 Å². The van der Waals surface area contributed by atoms with Crippen molar-refractivity contribution in [3.05, 3.63) is 24.3 Å². The number of fused-ring (bicyclic) bond motifs is 1. The Morgan fingerprint density at radius 3 is 2.88 bits per heavy atom. The van der Waals surface area contributed by atoms with E-state index in [1.807, 2.05) is 24.3 Å². The van der Waals surface area contributed by atoms with Gasteiger partial charge in [-0.1, -0.05) is 26.0 Å². The molecular formula is C12H16N2O2. The molecule has 2 rings (SSSR count). The summed E-state index contributed by atoms with van der Waals surface area (Å²) >= 11 is 0. The average molecular weight is 220 g/mol. The molecule has 0 fully saturated rings. The molecule has 0 radical (unpaired) electrons. The highest BCUT2D eigenvalue weighted by atomic mass is 16.5. The number of rotatable bonds is 4. The molecule has 0 bridgehead atoms. The molecule has 4 nitrogen and oxygen atoms in total. The van der Waals surface area contributed by atoms with E-state index in [1.54, 1.807) is 0 Å².